The molecule has 0 saturated carbocycles. The summed E-state index contributed by atoms with van der Waals surface area (Å²) in [7, 11) is 0. The lowest BCUT2D eigenvalue weighted by Gasteiger charge is -2.14. The van der Waals surface area contributed by atoms with E-state index < -0.39 is 6.17 Å². The monoisotopic (exact) mass is 291 g/mol. The van der Waals surface area contributed by atoms with Crippen LogP contribution in [0.2, 0.25) is 5.02 Å². The fraction of sp³-hybridized carbons (Fsp3) is 0.455. The van der Waals surface area contributed by atoms with Crippen LogP contribution in [-0.4, -0.2) is 24.2 Å². The van der Waals surface area contributed by atoms with Gasteiger partial charge in [0, 0.05) is 24.1 Å². The van der Waals surface area contributed by atoms with Crippen LogP contribution in [0.1, 0.15) is 12.0 Å². The first kappa shape index (κ1) is 11.4. The maximum absolute atomic E-state index is 12.9. The van der Waals surface area contributed by atoms with Crippen molar-refractivity contribution >= 4 is 27.5 Å². The van der Waals surface area contributed by atoms with E-state index in [0.29, 0.717) is 18.0 Å². The molecular weight excluding hydrogens is 280 g/mol. The molecule has 4 heteroatoms. The third-order valence-electron chi connectivity index (χ3n) is 2.61. The molecule has 15 heavy (non-hydrogen) atoms. The predicted octanol–water partition coefficient (Wildman–Crippen LogP) is 3.65. The maximum Gasteiger partial charge on any atom is 0.114 e. The molecule has 0 spiro atoms. The quantitative estimate of drug-likeness (QED) is 0.804. The summed E-state index contributed by atoms with van der Waals surface area (Å²) in [5.74, 6) is 0. The van der Waals surface area contributed by atoms with Crippen LogP contribution in [0.15, 0.2) is 22.7 Å². The van der Waals surface area contributed by atoms with Crippen molar-refractivity contribution in [2.75, 3.05) is 13.1 Å². The van der Waals surface area contributed by atoms with Gasteiger partial charge in [-0.15, -0.1) is 0 Å². The summed E-state index contributed by atoms with van der Waals surface area (Å²) in [4.78, 5) is 2.13. The molecule has 1 nitrogen and oxygen atoms in total. The Balaban J connectivity index is 2.02. The van der Waals surface area contributed by atoms with Crippen LogP contribution in [0.3, 0.4) is 0 Å². The molecule has 1 fully saturated rings. The zero-order valence-electron chi connectivity index (χ0n) is 8.22. The summed E-state index contributed by atoms with van der Waals surface area (Å²) in [6, 6.07) is 5.84. The molecule has 1 aromatic carbocycles. The molecular formula is C11H12BrClFN. The van der Waals surface area contributed by atoms with Crippen LogP contribution >= 0.6 is 27.5 Å². The number of benzene rings is 1. The molecule has 82 valence electrons. The van der Waals surface area contributed by atoms with Crippen LogP contribution in [0.5, 0.6) is 0 Å². The Morgan fingerprint density at radius 2 is 2.33 bits per heavy atom. The first-order valence-electron chi connectivity index (χ1n) is 4.95. The van der Waals surface area contributed by atoms with Crippen molar-refractivity contribution in [3.63, 3.8) is 0 Å². The van der Waals surface area contributed by atoms with Crippen molar-refractivity contribution in [3.05, 3.63) is 33.3 Å². The lowest BCUT2D eigenvalue weighted by Crippen LogP contribution is -2.20. The Hall–Kier alpha value is -0.120. The molecule has 0 bridgehead atoms. The summed E-state index contributed by atoms with van der Waals surface area (Å²) >= 11 is 9.28. The summed E-state index contributed by atoms with van der Waals surface area (Å²) in [6.07, 6.45) is 0.00938. The lowest BCUT2D eigenvalue weighted by molar-refractivity contribution is 0.282. The highest BCUT2D eigenvalue weighted by Crippen LogP contribution is 2.24. The molecule has 1 aromatic rings. The van der Waals surface area contributed by atoms with Gasteiger partial charge >= 0.3 is 0 Å². The number of rotatable bonds is 2. The minimum Gasteiger partial charge on any atom is -0.296 e. The zero-order chi connectivity index (χ0) is 10.8. The lowest BCUT2D eigenvalue weighted by atomic mass is 10.2. The van der Waals surface area contributed by atoms with Crippen LogP contribution in [0.25, 0.3) is 0 Å². The van der Waals surface area contributed by atoms with Gasteiger partial charge in [0.05, 0.1) is 5.02 Å². The molecule has 0 radical (unpaired) electrons. The maximum atomic E-state index is 12.9. The van der Waals surface area contributed by atoms with Crippen molar-refractivity contribution in [3.8, 4) is 0 Å². The Kier molecular flexibility index (Phi) is 3.65. The molecule has 1 aliphatic rings. The second-order valence-corrected chi connectivity index (χ2v) is 5.13. The molecule has 0 aromatic heterocycles. The van der Waals surface area contributed by atoms with Crippen LogP contribution < -0.4 is 0 Å². The van der Waals surface area contributed by atoms with E-state index in [9.17, 15) is 4.39 Å². The van der Waals surface area contributed by atoms with Crippen molar-refractivity contribution in [1.82, 2.24) is 4.90 Å². The van der Waals surface area contributed by atoms with E-state index in [1.54, 1.807) is 0 Å². The van der Waals surface area contributed by atoms with Gasteiger partial charge in [-0.3, -0.25) is 4.90 Å². The Labute approximate surface area is 102 Å². The average Bonchev–Trinajstić information content (AvgIpc) is 2.58. The minimum atomic E-state index is -0.652. The smallest absolute Gasteiger partial charge is 0.114 e. The summed E-state index contributed by atoms with van der Waals surface area (Å²) < 4.78 is 13.8. The van der Waals surface area contributed by atoms with E-state index in [1.807, 2.05) is 18.2 Å². The normalized spacial score (nSPS) is 22.2. The van der Waals surface area contributed by atoms with Crippen molar-refractivity contribution in [2.45, 2.75) is 19.1 Å². The Morgan fingerprint density at radius 1 is 1.53 bits per heavy atom. The van der Waals surface area contributed by atoms with E-state index in [-0.39, 0.29) is 0 Å². The van der Waals surface area contributed by atoms with Crippen molar-refractivity contribution in [1.29, 1.82) is 0 Å². The molecule has 2 rings (SSSR count). The topological polar surface area (TPSA) is 3.24 Å². The van der Waals surface area contributed by atoms with Gasteiger partial charge < -0.3 is 0 Å². The molecule has 1 aliphatic heterocycles. The summed E-state index contributed by atoms with van der Waals surface area (Å²) in [5.41, 5.74) is 1.17. The van der Waals surface area contributed by atoms with E-state index in [0.717, 1.165) is 17.6 Å². The first-order chi connectivity index (χ1) is 7.15. The van der Waals surface area contributed by atoms with E-state index in [4.69, 9.17) is 11.6 Å². The highest BCUT2D eigenvalue weighted by Gasteiger charge is 2.21. The molecule has 1 atom stereocenters. The first-order valence-corrected chi connectivity index (χ1v) is 6.12. The van der Waals surface area contributed by atoms with Gasteiger partial charge in [0.1, 0.15) is 6.17 Å². The molecule has 0 amide bonds. The second kappa shape index (κ2) is 4.81. The van der Waals surface area contributed by atoms with Gasteiger partial charge in [0.2, 0.25) is 0 Å². The fourth-order valence-electron chi connectivity index (χ4n) is 1.83. The second-order valence-electron chi connectivity index (χ2n) is 3.87. The van der Waals surface area contributed by atoms with Crippen LogP contribution in [0, 0.1) is 0 Å². The number of likely N-dealkylation sites (tertiary alicyclic amines) is 1. The van der Waals surface area contributed by atoms with Gasteiger partial charge in [0.15, 0.2) is 0 Å². The van der Waals surface area contributed by atoms with E-state index in [1.165, 1.54) is 5.56 Å². The van der Waals surface area contributed by atoms with Crippen LogP contribution in [-0.2, 0) is 6.54 Å². The summed E-state index contributed by atoms with van der Waals surface area (Å²) in [5, 5.41) is 0.712. The number of halogens is 3. The largest absolute Gasteiger partial charge is 0.296 e. The molecule has 0 N–H and O–H groups in total. The Bertz CT molecular complexity index is 358. The van der Waals surface area contributed by atoms with Gasteiger partial charge in [0.25, 0.3) is 0 Å². The van der Waals surface area contributed by atoms with Crippen molar-refractivity contribution < 1.29 is 4.39 Å². The summed E-state index contributed by atoms with van der Waals surface area (Å²) in [6.45, 7) is 2.21. The van der Waals surface area contributed by atoms with E-state index >= 15 is 0 Å². The zero-order valence-corrected chi connectivity index (χ0v) is 10.6. The SMILES string of the molecule is F[C@H]1CCN(Cc2ccc(Cl)c(Br)c2)C1. The molecule has 0 unspecified atom stereocenters. The molecule has 1 saturated heterocycles. The van der Waals surface area contributed by atoms with E-state index in [2.05, 4.69) is 20.8 Å². The van der Waals surface area contributed by atoms with Gasteiger partial charge in [-0.1, -0.05) is 17.7 Å². The Morgan fingerprint density at radius 3 is 2.93 bits per heavy atom. The highest BCUT2D eigenvalue weighted by molar-refractivity contribution is 9.10. The molecule has 1 heterocycles. The third-order valence-corrected chi connectivity index (χ3v) is 3.82. The van der Waals surface area contributed by atoms with Gasteiger partial charge in [-0.25, -0.2) is 4.39 Å². The average molecular weight is 293 g/mol. The number of hydrogen-bond donors (Lipinski definition) is 0. The highest BCUT2D eigenvalue weighted by atomic mass is 79.9. The standard InChI is InChI=1S/C11H12BrClFN/c12-10-5-8(1-2-11(10)13)6-15-4-3-9(14)7-15/h1-2,5,9H,3-4,6-7H2/t9-/m0/s1. The third kappa shape index (κ3) is 2.92. The number of alkyl halides is 1. The van der Waals surface area contributed by atoms with Gasteiger partial charge in [-0.05, 0) is 40.0 Å². The minimum absolute atomic E-state index is 0.556. The number of hydrogen-bond acceptors (Lipinski definition) is 1. The van der Waals surface area contributed by atoms with Crippen LogP contribution in [0.4, 0.5) is 4.39 Å². The fourth-order valence-corrected chi connectivity index (χ4v) is 2.37. The molecule has 0 aliphatic carbocycles. The number of nitrogens with zero attached hydrogens (tertiary/aromatic N) is 1. The van der Waals surface area contributed by atoms with Crippen molar-refractivity contribution in [2.24, 2.45) is 0 Å². The van der Waals surface area contributed by atoms with Gasteiger partial charge in [-0.2, -0.15) is 0 Å². The predicted molar refractivity (Wildman–Crippen MR) is 63.9 cm³/mol.